The predicted octanol–water partition coefficient (Wildman–Crippen LogP) is 2.59. The van der Waals surface area contributed by atoms with Crippen LogP contribution in [0.1, 0.15) is 25.3 Å². The lowest BCUT2D eigenvalue weighted by atomic mass is 9.88. The predicted molar refractivity (Wildman–Crippen MR) is 65.5 cm³/mol. The number of aliphatic hydroxyl groups is 1. The standard InChI is InChI=1S/C14H17NO/c1-10(16)14(7-8-14)12-4-3-5-13-11(12)6-9-15(13)2/h3-6,9-10,16H,7-8H2,1-2H3. The van der Waals surface area contributed by atoms with Crippen molar-refractivity contribution in [3.8, 4) is 0 Å². The van der Waals surface area contributed by atoms with Gasteiger partial charge in [-0.15, -0.1) is 0 Å². The Morgan fingerprint density at radius 2 is 2.06 bits per heavy atom. The molecule has 1 saturated carbocycles. The first kappa shape index (κ1) is 9.91. The number of hydrogen-bond acceptors (Lipinski definition) is 1. The summed E-state index contributed by atoms with van der Waals surface area (Å²) in [7, 11) is 2.06. The first-order chi connectivity index (χ1) is 7.65. The summed E-state index contributed by atoms with van der Waals surface area (Å²) in [6, 6.07) is 8.56. The van der Waals surface area contributed by atoms with Crippen LogP contribution in [0.5, 0.6) is 0 Å². The molecule has 1 aromatic carbocycles. The van der Waals surface area contributed by atoms with Gasteiger partial charge in [0.2, 0.25) is 0 Å². The van der Waals surface area contributed by atoms with Crippen LogP contribution in [0.2, 0.25) is 0 Å². The molecule has 2 nitrogen and oxygen atoms in total. The first-order valence-electron chi connectivity index (χ1n) is 5.88. The number of rotatable bonds is 2. The summed E-state index contributed by atoms with van der Waals surface area (Å²) in [6.07, 6.45) is 4.06. The topological polar surface area (TPSA) is 25.2 Å². The van der Waals surface area contributed by atoms with E-state index >= 15 is 0 Å². The van der Waals surface area contributed by atoms with E-state index in [0.717, 1.165) is 12.8 Å². The minimum absolute atomic E-state index is 0.0286. The molecule has 1 heterocycles. The highest BCUT2D eigenvalue weighted by atomic mass is 16.3. The second kappa shape index (κ2) is 3.11. The van der Waals surface area contributed by atoms with Gasteiger partial charge in [0.25, 0.3) is 0 Å². The molecule has 1 aliphatic rings. The van der Waals surface area contributed by atoms with Crippen LogP contribution >= 0.6 is 0 Å². The van der Waals surface area contributed by atoms with Crippen molar-refractivity contribution >= 4 is 10.9 Å². The zero-order valence-electron chi connectivity index (χ0n) is 9.77. The Morgan fingerprint density at radius 1 is 1.31 bits per heavy atom. The summed E-state index contributed by atoms with van der Waals surface area (Å²) in [6.45, 7) is 1.91. The molecule has 2 heteroatoms. The fourth-order valence-corrected chi connectivity index (χ4v) is 2.78. The number of aliphatic hydroxyl groups excluding tert-OH is 1. The molecule has 0 spiro atoms. The Balaban J connectivity index is 2.25. The molecule has 1 unspecified atom stereocenters. The fraction of sp³-hybridized carbons (Fsp3) is 0.429. The summed E-state index contributed by atoms with van der Waals surface area (Å²) in [4.78, 5) is 0. The number of fused-ring (bicyclic) bond motifs is 1. The van der Waals surface area contributed by atoms with Gasteiger partial charge in [-0.25, -0.2) is 0 Å². The molecule has 0 radical (unpaired) electrons. The number of aryl methyl sites for hydroxylation is 1. The van der Waals surface area contributed by atoms with E-state index in [4.69, 9.17) is 0 Å². The van der Waals surface area contributed by atoms with Crippen molar-refractivity contribution in [3.05, 3.63) is 36.0 Å². The molecule has 3 rings (SSSR count). The second-order valence-electron chi connectivity index (χ2n) is 5.00. The summed E-state index contributed by atoms with van der Waals surface area (Å²) in [5, 5.41) is 11.3. The third-order valence-electron chi connectivity index (χ3n) is 4.05. The van der Waals surface area contributed by atoms with Gasteiger partial charge in [-0.1, -0.05) is 12.1 Å². The summed E-state index contributed by atoms with van der Waals surface area (Å²) < 4.78 is 2.14. The molecule has 84 valence electrons. The summed E-state index contributed by atoms with van der Waals surface area (Å²) in [5.74, 6) is 0. The van der Waals surface area contributed by atoms with Crippen molar-refractivity contribution in [1.29, 1.82) is 0 Å². The van der Waals surface area contributed by atoms with Crippen LogP contribution in [0.3, 0.4) is 0 Å². The highest BCUT2D eigenvalue weighted by molar-refractivity contribution is 5.85. The lowest BCUT2D eigenvalue weighted by Crippen LogP contribution is -2.22. The first-order valence-corrected chi connectivity index (χ1v) is 5.88. The van der Waals surface area contributed by atoms with Crippen LogP contribution in [-0.2, 0) is 12.5 Å². The number of hydrogen-bond donors (Lipinski definition) is 1. The van der Waals surface area contributed by atoms with Gasteiger partial charge in [0, 0.05) is 29.6 Å². The fourth-order valence-electron chi connectivity index (χ4n) is 2.78. The zero-order chi connectivity index (χ0) is 11.3. The Hall–Kier alpha value is -1.28. The van der Waals surface area contributed by atoms with Gasteiger partial charge < -0.3 is 9.67 Å². The van der Waals surface area contributed by atoms with Gasteiger partial charge in [0.15, 0.2) is 0 Å². The van der Waals surface area contributed by atoms with Crippen LogP contribution in [-0.4, -0.2) is 15.8 Å². The van der Waals surface area contributed by atoms with E-state index in [1.165, 1.54) is 16.5 Å². The van der Waals surface area contributed by atoms with Gasteiger partial charge in [-0.3, -0.25) is 0 Å². The van der Waals surface area contributed by atoms with Crippen LogP contribution in [0.15, 0.2) is 30.5 Å². The average molecular weight is 215 g/mol. The lowest BCUT2D eigenvalue weighted by Gasteiger charge is -2.20. The molecule has 16 heavy (non-hydrogen) atoms. The molecule has 0 bridgehead atoms. The minimum Gasteiger partial charge on any atom is -0.392 e. The van der Waals surface area contributed by atoms with Crippen LogP contribution in [0, 0.1) is 0 Å². The Bertz CT molecular complexity index is 535. The molecule has 1 N–H and O–H groups in total. The van der Waals surface area contributed by atoms with Crippen LogP contribution in [0.25, 0.3) is 10.9 Å². The molecule has 0 saturated heterocycles. The average Bonchev–Trinajstić information content (AvgIpc) is 3.00. The molecular weight excluding hydrogens is 198 g/mol. The van der Waals surface area contributed by atoms with Crippen molar-refractivity contribution < 1.29 is 5.11 Å². The van der Waals surface area contributed by atoms with Crippen molar-refractivity contribution in [2.75, 3.05) is 0 Å². The highest BCUT2D eigenvalue weighted by Crippen LogP contribution is 2.52. The van der Waals surface area contributed by atoms with Gasteiger partial charge >= 0.3 is 0 Å². The summed E-state index contributed by atoms with van der Waals surface area (Å²) >= 11 is 0. The van der Waals surface area contributed by atoms with Crippen LogP contribution in [0.4, 0.5) is 0 Å². The van der Waals surface area contributed by atoms with E-state index in [1.54, 1.807) is 0 Å². The van der Waals surface area contributed by atoms with Crippen molar-refractivity contribution in [2.45, 2.75) is 31.3 Å². The smallest absolute Gasteiger partial charge is 0.0608 e. The van der Waals surface area contributed by atoms with Crippen molar-refractivity contribution in [1.82, 2.24) is 4.57 Å². The van der Waals surface area contributed by atoms with E-state index in [9.17, 15) is 5.11 Å². The SMILES string of the molecule is CC(O)C1(c2cccc3c2ccn3C)CC1. The van der Waals surface area contributed by atoms with Gasteiger partial charge in [-0.05, 0) is 37.5 Å². The van der Waals surface area contributed by atoms with E-state index in [-0.39, 0.29) is 11.5 Å². The largest absolute Gasteiger partial charge is 0.392 e. The van der Waals surface area contributed by atoms with E-state index in [0.29, 0.717) is 0 Å². The van der Waals surface area contributed by atoms with E-state index in [2.05, 4.69) is 42.1 Å². The minimum atomic E-state index is -0.252. The quantitative estimate of drug-likeness (QED) is 0.818. The molecule has 0 aliphatic heterocycles. The van der Waals surface area contributed by atoms with Crippen molar-refractivity contribution in [2.24, 2.45) is 7.05 Å². The maximum atomic E-state index is 9.96. The number of aromatic nitrogens is 1. The maximum absolute atomic E-state index is 9.96. The molecular formula is C14H17NO. The van der Waals surface area contributed by atoms with E-state index in [1.807, 2.05) is 6.92 Å². The third-order valence-corrected chi connectivity index (χ3v) is 4.05. The lowest BCUT2D eigenvalue weighted by molar-refractivity contribution is 0.151. The summed E-state index contributed by atoms with van der Waals surface area (Å²) in [5.41, 5.74) is 2.60. The number of benzene rings is 1. The third kappa shape index (κ3) is 1.17. The van der Waals surface area contributed by atoms with Gasteiger partial charge in [0.05, 0.1) is 6.10 Å². The Labute approximate surface area is 95.5 Å². The normalized spacial score (nSPS) is 19.9. The Kier molecular flexibility index (Phi) is 1.93. The maximum Gasteiger partial charge on any atom is 0.0608 e. The monoisotopic (exact) mass is 215 g/mol. The molecule has 2 aromatic rings. The zero-order valence-corrected chi connectivity index (χ0v) is 9.77. The molecule has 1 aromatic heterocycles. The molecule has 1 aliphatic carbocycles. The Morgan fingerprint density at radius 3 is 2.69 bits per heavy atom. The molecule has 0 amide bonds. The second-order valence-corrected chi connectivity index (χ2v) is 5.00. The molecule has 1 atom stereocenters. The number of nitrogens with zero attached hydrogens (tertiary/aromatic N) is 1. The molecule has 1 fully saturated rings. The van der Waals surface area contributed by atoms with Crippen molar-refractivity contribution in [3.63, 3.8) is 0 Å². The highest BCUT2D eigenvalue weighted by Gasteiger charge is 2.49. The van der Waals surface area contributed by atoms with Gasteiger partial charge in [-0.2, -0.15) is 0 Å². The van der Waals surface area contributed by atoms with E-state index < -0.39 is 0 Å². The van der Waals surface area contributed by atoms with Gasteiger partial charge in [0.1, 0.15) is 0 Å². The van der Waals surface area contributed by atoms with Crippen LogP contribution < -0.4 is 0 Å².